The first-order valence-electron chi connectivity index (χ1n) is 16.4. The highest BCUT2D eigenvalue weighted by molar-refractivity contribution is 7.89. The van der Waals surface area contributed by atoms with E-state index in [1.54, 1.807) is 25.2 Å². The molecule has 272 valence electrons. The van der Waals surface area contributed by atoms with Crippen molar-refractivity contribution < 1.29 is 27.1 Å². The van der Waals surface area contributed by atoms with Crippen molar-refractivity contribution in [3.8, 4) is 23.0 Å². The van der Waals surface area contributed by atoms with Gasteiger partial charge in [0.15, 0.2) is 0 Å². The molecule has 1 aliphatic carbocycles. The molecule has 3 aromatic heterocycles. The lowest BCUT2D eigenvalue weighted by molar-refractivity contribution is -0.122. The van der Waals surface area contributed by atoms with Crippen LogP contribution >= 0.6 is 23.2 Å². The normalized spacial score (nSPS) is 13.8. The maximum absolute atomic E-state index is 14.5. The summed E-state index contributed by atoms with van der Waals surface area (Å²) in [6.07, 6.45) is 3.33. The predicted octanol–water partition coefficient (Wildman–Crippen LogP) is 5.43. The van der Waals surface area contributed by atoms with E-state index in [1.807, 2.05) is 0 Å². The van der Waals surface area contributed by atoms with E-state index in [1.165, 1.54) is 36.3 Å². The minimum Gasteiger partial charge on any atom is -0.378 e. The second kappa shape index (κ2) is 14.6. The number of rotatable bonds is 9. The van der Waals surface area contributed by atoms with E-state index in [0.29, 0.717) is 21.8 Å². The summed E-state index contributed by atoms with van der Waals surface area (Å²) in [6, 6.07) is 8.52. The zero-order chi connectivity index (χ0) is 37.5. The Morgan fingerprint density at radius 3 is 2.42 bits per heavy atom. The maximum Gasteiger partial charge on any atom is 0.260 e. The third-order valence-corrected chi connectivity index (χ3v) is 10.7. The summed E-state index contributed by atoms with van der Waals surface area (Å²) in [5, 5.41) is 22.5. The average Bonchev–Trinajstić information content (AvgIpc) is 3.60. The van der Waals surface area contributed by atoms with Crippen LogP contribution in [0.4, 0.5) is 8.78 Å². The summed E-state index contributed by atoms with van der Waals surface area (Å²) in [5.74, 6) is 3.47. The third-order valence-electron chi connectivity index (χ3n) is 8.62. The van der Waals surface area contributed by atoms with Gasteiger partial charge in [0.2, 0.25) is 10.9 Å². The fourth-order valence-electron chi connectivity index (χ4n) is 6.33. The second-order valence-electron chi connectivity index (χ2n) is 13.1. The lowest BCUT2D eigenvalue weighted by Crippen LogP contribution is -2.34. The lowest BCUT2D eigenvalue weighted by Gasteiger charge is -2.23. The van der Waals surface area contributed by atoms with Crippen LogP contribution in [-0.2, 0) is 47.7 Å². The molecule has 0 saturated heterocycles. The number of aromatic nitrogens is 5. The van der Waals surface area contributed by atoms with E-state index in [9.17, 15) is 27.1 Å². The molecule has 5 aromatic rings. The molecule has 0 radical (unpaired) electrons. The Balaban J connectivity index is 1.54. The summed E-state index contributed by atoms with van der Waals surface area (Å²) in [4.78, 5) is 18.7. The van der Waals surface area contributed by atoms with Crippen LogP contribution in [0.1, 0.15) is 60.9 Å². The quantitative estimate of drug-likeness (QED) is 0.170. The van der Waals surface area contributed by atoms with Gasteiger partial charge in [-0.15, -0.1) is 0 Å². The largest absolute Gasteiger partial charge is 0.378 e. The monoisotopic (exact) mass is 769 g/mol. The van der Waals surface area contributed by atoms with Gasteiger partial charge >= 0.3 is 0 Å². The van der Waals surface area contributed by atoms with E-state index in [2.05, 4.69) is 32.1 Å². The van der Waals surface area contributed by atoms with Crippen molar-refractivity contribution in [1.29, 1.82) is 0 Å². The van der Waals surface area contributed by atoms with Gasteiger partial charge in [0.05, 0.1) is 33.4 Å². The molecule has 1 atom stereocenters. The highest BCUT2D eigenvalue weighted by Gasteiger charge is 2.29. The van der Waals surface area contributed by atoms with E-state index in [0.717, 1.165) is 55.1 Å². The van der Waals surface area contributed by atoms with Crippen LogP contribution in [-0.4, -0.2) is 56.6 Å². The molecule has 1 aliphatic rings. The van der Waals surface area contributed by atoms with Crippen LogP contribution in [0.2, 0.25) is 10.2 Å². The van der Waals surface area contributed by atoms with Gasteiger partial charge in [0, 0.05) is 29.8 Å². The van der Waals surface area contributed by atoms with Gasteiger partial charge in [-0.2, -0.15) is 10.2 Å². The van der Waals surface area contributed by atoms with Crippen LogP contribution in [0.15, 0.2) is 47.5 Å². The van der Waals surface area contributed by atoms with Crippen LogP contribution in [0.25, 0.3) is 22.0 Å². The fraction of sp³-hybridized carbons (Fsp3) is 0.333. The van der Waals surface area contributed by atoms with Gasteiger partial charge < -0.3 is 10.4 Å². The average molecular weight is 771 g/mol. The minimum absolute atomic E-state index is 0.117. The standard InChI is InChI=1S/C36H35Cl2F2N7O4S/c1-36(2,49)14-13-23-9-10-24(25-11-12-27(37)31-33(25)46(4)45-35(31)52(50,51)41-3)32(42-23)29(17-20-15-21(39)18-22(40)16-20)43-30(48)19-47-34(38)26-7-5-6-8-28(26)44-47/h9-12,15-16,18,29,41,49H,5-8,17,19H2,1-4H3,(H,43,48)/t29-/m0/s1. The fourth-order valence-corrected chi connectivity index (χ4v) is 7.83. The molecular weight excluding hydrogens is 735 g/mol. The molecule has 6 rings (SSSR count). The van der Waals surface area contributed by atoms with Gasteiger partial charge in [-0.25, -0.2) is 31.6 Å². The van der Waals surface area contributed by atoms with Crippen molar-refractivity contribution in [2.45, 2.75) is 69.2 Å². The highest BCUT2D eigenvalue weighted by atomic mass is 35.5. The summed E-state index contributed by atoms with van der Waals surface area (Å²) < 4.78 is 60.1. The predicted molar refractivity (Wildman–Crippen MR) is 193 cm³/mol. The van der Waals surface area contributed by atoms with Gasteiger partial charge in [0.1, 0.15) is 34.6 Å². The van der Waals surface area contributed by atoms with E-state index in [4.69, 9.17) is 28.2 Å². The number of nitrogens with zero attached hydrogens (tertiary/aromatic N) is 5. The zero-order valence-electron chi connectivity index (χ0n) is 28.7. The lowest BCUT2D eigenvalue weighted by atomic mass is 9.93. The molecule has 0 aliphatic heterocycles. The number of hydrogen-bond acceptors (Lipinski definition) is 7. The number of pyridine rings is 1. The van der Waals surface area contributed by atoms with Gasteiger partial charge in [-0.3, -0.25) is 9.48 Å². The summed E-state index contributed by atoms with van der Waals surface area (Å²) in [6.45, 7) is 2.78. The Morgan fingerprint density at radius 2 is 1.75 bits per heavy atom. The van der Waals surface area contributed by atoms with Crippen molar-refractivity contribution in [2.75, 3.05) is 7.05 Å². The Morgan fingerprint density at radius 1 is 1.06 bits per heavy atom. The molecule has 3 heterocycles. The number of benzene rings is 2. The Labute approximate surface area is 309 Å². The van der Waals surface area contributed by atoms with Crippen LogP contribution in [0.3, 0.4) is 0 Å². The number of aryl methyl sites for hydroxylation is 2. The van der Waals surface area contributed by atoms with Gasteiger partial charge in [0.25, 0.3) is 10.0 Å². The number of amides is 1. The molecule has 52 heavy (non-hydrogen) atoms. The topological polar surface area (TPSA) is 144 Å². The molecule has 2 aromatic carbocycles. The minimum atomic E-state index is -4.05. The smallest absolute Gasteiger partial charge is 0.260 e. The first-order chi connectivity index (χ1) is 24.5. The van der Waals surface area contributed by atoms with Gasteiger partial charge in [-0.05, 0) is 94.8 Å². The number of aliphatic hydroxyl groups is 1. The van der Waals surface area contributed by atoms with E-state index in [-0.39, 0.29) is 45.4 Å². The number of halogens is 4. The Kier molecular flexibility index (Phi) is 10.5. The SMILES string of the molecule is CNS(=O)(=O)c1nn(C)c2c(-c3ccc(C#CC(C)(C)O)nc3[C@H](Cc3cc(F)cc(F)c3)NC(=O)Cn3nc4c(c3Cl)CCCC4)ccc(Cl)c12. The van der Waals surface area contributed by atoms with Crippen molar-refractivity contribution in [1.82, 2.24) is 34.6 Å². The van der Waals surface area contributed by atoms with Crippen LogP contribution in [0, 0.1) is 23.5 Å². The first-order valence-corrected chi connectivity index (χ1v) is 18.6. The van der Waals surface area contributed by atoms with Crippen molar-refractivity contribution in [2.24, 2.45) is 7.05 Å². The number of fused-ring (bicyclic) bond motifs is 2. The van der Waals surface area contributed by atoms with E-state index >= 15 is 0 Å². The third kappa shape index (κ3) is 7.84. The molecule has 0 unspecified atom stereocenters. The van der Waals surface area contributed by atoms with Crippen molar-refractivity contribution in [3.63, 3.8) is 0 Å². The molecule has 0 bridgehead atoms. The molecule has 0 fully saturated rings. The molecule has 0 saturated carbocycles. The zero-order valence-corrected chi connectivity index (χ0v) is 31.0. The summed E-state index contributed by atoms with van der Waals surface area (Å²) >= 11 is 13.2. The number of carbonyl (C=O) groups is 1. The summed E-state index contributed by atoms with van der Waals surface area (Å²) in [7, 11) is -1.22. The molecular formula is C36H35Cl2F2N7O4S. The number of nitrogens with one attached hydrogen (secondary N) is 2. The number of sulfonamides is 1. The molecule has 1 amide bonds. The molecule has 11 nitrogen and oxygen atoms in total. The Hall–Kier alpha value is -4.39. The van der Waals surface area contributed by atoms with Crippen molar-refractivity contribution >= 4 is 50.0 Å². The second-order valence-corrected chi connectivity index (χ2v) is 15.6. The maximum atomic E-state index is 14.5. The highest BCUT2D eigenvalue weighted by Crippen LogP contribution is 2.39. The van der Waals surface area contributed by atoms with Crippen molar-refractivity contribution in [3.05, 3.63) is 92.5 Å². The summed E-state index contributed by atoms with van der Waals surface area (Å²) in [5.41, 5.74) is 2.29. The van der Waals surface area contributed by atoms with E-state index < -0.39 is 39.2 Å². The van der Waals surface area contributed by atoms with Crippen LogP contribution < -0.4 is 10.0 Å². The van der Waals surface area contributed by atoms with Crippen LogP contribution in [0.5, 0.6) is 0 Å². The molecule has 16 heteroatoms. The number of hydrogen-bond donors (Lipinski definition) is 3. The molecule has 0 spiro atoms. The number of carbonyl (C=O) groups excluding carboxylic acids is 1. The molecule has 3 N–H and O–H groups in total. The first kappa shape index (κ1) is 37.4. The Bertz CT molecular complexity index is 2370. The van der Waals surface area contributed by atoms with Gasteiger partial charge in [-0.1, -0.05) is 35.2 Å².